The predicted octanol–water partition coefficient (Wildman–Crippen LogP) is 3.67. The van der Waals surface area contributed by atoms with E-state index in [0.29, 0.717) is 16.9 Å². The summed E-state index contributed by atoms with van der Waals surface area (Å²) in [4.78, 5) is 28.5. The molecule has 0 fully saturated rings. The zero-order valence-corrected chi connectivity index (χ0v) is 16.1. The van der Waals surface area contributed by atoms with Crippen molar-refractivity contribution in [3.05, 3.63) is 92.9 Å². The standard InChI is InChI=1S/C23H19N3O4/c1-13(14-5-4-6-16(27)11-14)25-20-21(23(30)22(20)29)26-15-8-9-19(28)17(12-15)18-7-2-3-10-24-18/h2-13,25-28H,1H3/t13-/m0/s1. The van der Waals surface area contributed by atoms with Gasteiger partial charge in [-0.1, -0.05) is 18.2 Å². The predicted molar refractivity (Wildman–Crippen MR) is 116 cm³/mol. The van der Waals surface area contributed by atoms with Crippen molar-refractivity contribution in [3.8, 4) is 22.8 Å². The lowest BCUT2D eigenvalue weighted by atomic mass is 10.1. The largest absolute Gasteiger partial charge is 0.508 e. The molecule has 0 spiro atoms. The second kappa shape index (κ2) is 7.71. The lowest BCUT2D eigenvalue weighted by molar-refractivity contribution is 0.474. The minimum Gasteiger partial charge on any atom is -0.508 e. The van der Waals surface area contributed by atoms with Gasteiger partial charge in [0.2, 0.25) is 0 Å². The molecule has 0 aliphatic rings. The van der Waals surface area contributed by atoms with Gasteiger partial charge < -0.3 is 20.8 Å². The fourth-order valence-electron chi connectivity index (χ4n) is 3.23. The smallest absolute Gasteiger partial charge is 0.253 e. The molecule has 1 heterocycles. The summed E-state index contributed by atoms with van der Waals surface area (Å²) in [6, 6.07) is 16.5. The van der Waals surface area contributed by atoms with Gasteiger partial charge in [0.25, 0.3) is 10.9 Å². The molecule has 0 aliphatic heterocycles. The van der Waals surface area contributed by atoms with Gasteiger partial charge in [-0.05, 0) is 55.0 Å². The molecule has 7 nitrogen and oxygen atoms in total. The second-order valence-electron chi connectivity index (χ2n) is 6.94. The van der Waals surface area contributed by atoms with Crippen molar-refractivity contribution < 1.29 is 10.2 Å². The number of aromatic hydroxyl groups is 2. The highest BCUT2D eigenvalue weighted by Gasteiger charge is 2.23. The van der Waals surface area contributed by atoms with E-state index >= 15 is 0 Å². The summed E-state index contributed by atoms with van der Waals surface area (Å²) >= 11 is 0. The fraction of sp³-hybridized carbons (Fsp3) is 0.0870. The number of anilines is 3. The number of aromatic nitrogens is 1. The fourth-order valence-corrected chi connectivity index (χ4v) is 3.23. The third kappa shape index (κ3) is 3.60. The highest BCUT2D eigenvalue weighted by Crippen LogP contribution is 2.32. The number of nitrogens with one attached hydrogen (secondary N) is 2. The van der Waals surface area contributed by atoms with Crippen molar-refractivity contribution in [2.45, 2.75) is 13.0 Å². The molecule has 0 radical (unpaired) electrons. The van der Waals surface area contributed by atoms with E-state index in [9.17, 15) is 19.8 Å². The average Bonchev–Trinajstić information content (AvgIpc) is 2.77. The maximum Gasteiger partial charge on any atom is 0.253 e. The first-order chi connectivity index (χ1) is 14.4. The van der Waals surface area contributed by atoms with Crippen LogP contribution in [-0.4, -0.2) is 15.2 Å². The summed E-state index contributed by atoms with van der Waals surface area (Å²) in [5.41, 5.74) is 1.51. The molecule has 1 atom stereocenters. The quantitative estimate of drug-likeness (QED) is 0.288. The number of hydrogen-bond acceptors (Lipinski definition) is 7. The van der Waals surface area contributed by atoms with Gasteiger partial charge in [-0.3, -0.25) is 14.6 Å². The molecule has 4 aromatic rings. The van der Waals surface area contributed by atoms with Gasteiger partial charge in [0.15, 0.2) is 0 Å². The maximum atomic E-state index is 12.2. The number of rotatable bonds is 6. The molecule has 0 bridgehead atoms. The van der Waals surface area contributed by atoms with Crippen LogP contribution in [0.3, 0.4) is 0 Å². The second-order valence-corrected chi connectivity index (χ2v) is 6.94. The number of hydrogen-bond donors (Lipinski definition) is 4. The van der Waals surface area contributed by atoms with Crippen LogP contribution in [0.1, 0.15) is 18.5 Å². The van der Waals surface area contributed by atoms with Gasteiger partial charge in [-0.15, -0.1) is 0 Å². The molecule has 0 unspecified atom stereocenters. The zero-order chi connectivity index (χ0) is 21.3. The van der Waals surface area contributed by atoms with Crippen LogP contribution in [0.25, 0.3) is 11.3 Å². The van der Waals surface area contributed by atoms with Crippen LogP contribution >= 0.6 is 0 Å². The van der Waals surface area contributed by atoms with Crippen molar-refractivity contribution in [2.24, 2.45) is 0 Å². The molecule has 0 aliphatic carbocycles. The van der Waals surface area contributed by atoms with Crippen LogP contribution in [0, 0.1) is 0 Å². The van der Waals surface area contributed by atoms with E-state index in [0.717, 1.165) is 5.56 Å². The molecular formula is C23H19N3O4. The van der Waals surface area contributed by atoms with E-state index < -0.39 is 10.9 Å². The van der Waals surface area contributed by atoms with Gasteiger partial charge >= 0.3 is 0 Å². The van der Waals surface area contributed by atoms with Crippen LogP contribution in [0.5, 0.6) is 11.5 Å². The summed E-state index contributed by atoms with van der Waals surface area (Å²) in [5, 5.41) is 25.8. The molecule has 7 heteroatoms. The van der Waals surface area contributed by atoms with Crippen LogP contribution < -0.4 is 21.5 Å². The summed E-state index contributed by atoms with van der Waals surface area (Å²) in [5.74, 6) is 0.177. The monoisotopic (exact) mass is 401 g/mol. The number of pyridine rings is 1. The first kappa shape index (κ1) is 19.2. The Morgan fingerprint density at radius 1 is 0.900 bits per heavy atom. The summed E-state index contributed by atoms with van der Waals surface area (Å²) < 4.78 is 0. The Kier molecular flexibility index (Phi) is 4.93. The number of benzene rings is 2. The van der Waals surface area contributed by atoms with Crippen molar-refractivity contribution in [1.82, 2.24) is 4.98 Å². The molecule has 150 valence electrons. The molecule has 0 saturated heterocycles. The summed E-state index contributed by atoms with van der Waals surface area (Å²) in [7, 11) is 0. The molecule has 30 heavy (non-hydrogen) atoms. The molecule has 1 aromatic heterocycles. The summed E-state index contributed by atoms with van der Waals surface area (Å²) in [6.07, 6.45) is 1.62. The minimum atomic E-state index is -0.618. The normalized spacial score (nSPS) is 11.9. The Bertz CT molecular complexity index is 1280. The minimum absolute atomic E-state index is 0.0556. The van der Waals surface area contributed by atoms with Crippen molar-refractivity contribution in [3.63, 3.8) is 0 Å². The van der Waals surface area contributed by atoms with Gasteiger partial charge in [0.1, 0.15) is 22.9 Å². The van der Waals surface area contributed by atoms with Gasteiger partial charge in [0, 0.05) is 23.5 Å². The van der Waals surface area contributed by atoms with E-state index in [1.54, 1.807) is 48.7 Å². The Hall–Kier alpha value is -4.13. The van der Waals surface area contributed by atoms with Crippen LogP contribution in [0.4, 0.5) is 17.1 Å². The van der Waals surface area contributed by atoms with Crippen molar-refractivity contribution in [1.29, 1.82) is 0 Å². The Labute approximate surface area is 172 Å². The first-order valence-electron chi connectivity index (χ1n) is 9.34. The third-order valence-electron chi connectivity index (χ3n) is 4.85. The Balaban J connectivity index is 1.60. The van der Waals surface area contributed by atoms with E-state index in [2.05, 4.69) is 15.6 Å². The van der Waals surface area contributed by atoms with Gasteiger partial charge in [0.05, 0.1) is 5.69 Å². The van der Waals surface area contributed by atoms with Crippen LogP contribution in [-0.2, 0) is 0 Å². The van der Waals surface area contributed by atoms with E-state index in [1.165, 1.54) is 6.07 Å². The van der Waals surface area contributed by atoms with Crippen molar-refractivity contribution in [2.75, 3.05) is 10.6 Å². The first-order valence-corrected chi connectivity index (χ1v) is 9.34. The van der Waals surface area contributed by atoms with Gasteiger partial charge in [-0.25, -0.2) is 0 Å². The number of phenolic OH excluding ortho intramolecular Hbond substituents is 2. The molecule has 4 rings (SSSR count). The number of nitrogens with zero attached hydrogens (tertiary/aromatic N) is 1. The third-order valence-corrected chi connectivity index (χ3v) is 4.85. The highest BCUT2D eigenvalue weighted by atomic mass is 16.3. The molecule has 3 aromatic carbocycles. The lowest BCUT2D eigenvalue weighted by Gasteiger charge is -2.20. The van der Waals surface area contributed by atoms with Gasteiger partial charge in [-0.2, -0.15) is 0 Å². The van der Waals surface area contributed by atoms with E-state index in [1.807, 2.05) is 19.1 Å². The molecule has 0 saturated carbocycles. The van der Waals surface area contributed by atoms with E-state index in [-0.39, 0.29) is 28.9 Å². The molecular weight excluding hydrogens is 382 g/mol. The Morgan fingerprint density at radius 2 is 1.70 bits per heavy atom. The average molecular weight is 401 g/mol. The Morgan fingerprint density at radius 3 is 2.43 bits per heavy atom. The van der Waals surface area contributed by atoms with E-state index in [4.69, 9.17) is 0 Å². The summed E-state index contributed by atoms with van der Waals surface area (Å²) in [6.45, 7) is 1.83. The topological polar surface area (TPSA) is 112 Å². The lowest BCUT2D eigenvalue weighted by Crippen LogP contribution is -2.37. The van der Waals surface area contributed by atoms with Crippen LogP contribution in [0.15, 0.2) is 76.4 Å². The number of phenols is 2. The maximum absolute atomic E-state index is 12.2. The zero-order valence-electron chi connectivity index (χ0n) is 16.1. The highest BCUT2D eigenvalue weighted by molar-refractivity contribution is 5.81. The molecule has 0 amide bonds. The van der Waals surface area contributed by atoms with Crippen molar-refractivity contribution >= 4 is 17.1 Å². The molecule has 4 N–H and O–H groups in total. The SMILES string of the molecule is C[C@H](Nc1c(Nc2ccc(O)c(-c3ccccn3)c2)c(=O)c1=O)c1cccc(O)c1. The van der Waals surface area contributed by atoms with Crippen LogP contribution in [0.2, 0.25) is 0 Å².